The Kier molecular flexibility index (Phi) is 7.16. The van der Waals surface area contributed by atoms with Gasteiger partial charge in [-0.25, -0.2) is 0 Å². The number of carbonyl (C=O) groups excluding carboxylic acids is 2. The molecular weight excluding hydrogens is 507 g/mol. The van der Waals surface area contributed by atoms with E-state index in [0.717, 1.165) is 0 Å². The van der Waals surface area contributed by atoms with Gasteiger partial charge in [0.15, 0.2) is 17.2 Å². The van der Waals surface area contributed by atoms with E-state index in [-0.39, 0.29) is 46.1 Å². The van der Waals surface area contributed by atoms with Gasteiger partial charge in [-0.1, -0.05) is 34.8 Å². The molecule has 0 aliphatic carbocycles. The molecule has 0 atom stereocenters. The summed E-state index contributed by atoms with van der Waals surface area (Å²) in [6, 6.07) is 9.51. The number of aryl methyl sites for hydroxylation is 1. The molecule has 0 unspecified atom stereocenters. The van der Waals surface area contributed by atoms with Gasteiger partial charge in [-0.15, -0.1) is 0 Å². The molecule has 3 heterocycles. The number of anilines is 1. The molecule has 3 aromatic heterocycles. The van der Waals surface area contributed by atoms with E-state index in [9.17, 15) is 9.59 Å². The van der Waals surface area contributed by atoms with Crippen molar-refractivity contribution in [2.75, 3.05) is 5.32 Å². The SMILES string of the molecule is Cn1cc(NC(=O)c2ccc(COc3c(Cl)cc(Cl)cc3Cl)o2)c(C(=O)NCc2ccco2)n1. The summed E-state index contributed by atoms with van der Waals surface area (Å²) in [5.41, 5.74) is 0.267. The second kappa shape index (κ2) is 10.3. The number of aromatic nitrogens is 2. The van der Waals surface area contributed by atoms with Crippen LogP contribution in [0.25, 0.3) is 0 Å². The lowest BCUT2D eigenvalue weighted by Gasteiger charge is -2.09. The maximum Gasteiger partial charge on any atom is 0.291 e. The van der Waals surface area contributed by atoms with Crippen molar-refractivity contribution < 1.29 is 23.2 Å². The van der Waals surface area contributed by atoms with E-state index in [1.165, 1.54) is 35.3 Å². The summed E-state index contributed by atoms with van der Waals surface area (Å²) in [5, 5.41) is 10.3. The van der Waals surface area contributed by atoms with Crippen molar-refractivity contribution in [2.45, 2.75) is 13.2 Å². The van der Waals surface area contributed by atoms with Gasteiger partial charge in [0.05, 0.1) is 28.5 Å². The van der Waals surface area contributed by atoms with Crippen LogP contribution < -0.4 is 15.4 Å². The quantitative estimate of drug-likeness (QED) is 0.323. The molecule has 0 aliphatic heterocycles. The van der Waals surface area contributed by atoms with Crippen LogP contribution in [-0.2, 0) is 20.2 Å². The molecule has 176 valence electrons. The Morgan fingerprint density at radius 1 is 1.09 bits per heavy atom. The summed E-state index contributed by atoms with van der Waals surface area (Å²) in [6.07, 6.45) is 3.02. The standard InChI is InChI=1S/C22H17Cl3N4O5/c1-29-10-17(19(28-29)22(31)26-9-13-3-2-6-32-13)27-21(30)18-5-4-14(34-18)11-33-20-15(24)7-12(23)8-16(20)25/h2-8,10H,9,11H2,1H3,(H,26,31)(H,27,30). The van der Waals surface area contributed by atoms with Crippen LogP contribution in [0, 0.1) is 0 Å². The van der Waals surface area contributed by atoms with Gasteiger partial charge in [-0.2, -0.15) is 5.10 Å². The van der Waals surface area contributed by atoms with Gasteiger partial charge in [0.1, 0.15) is 18.1 Å². The van der Waals surface area contributed by atoms with Crippen LogP contribution in [0.5, 0.6) is 5.75 Å². The molecule has 12 heteroatoms. The predicted octanol–water partition coefficient (Wildman–Crippen LogP) is 5.33. The van der Waals surface area contributed by atoms with Gasteiger partial charge >= 0.3 is 0 Å². The van der Waals surface area contributed by atoms with Gasteiger partial charge < -0.3 is 24.2 Å². The highest BCUT2D eigenvalue weighted by Gasteiger charge is 2.20. The fourth-order valence-electron chi connectivity index (χ4n) is 2.98. The first-order chi connectivity index (χ1) is 16.3. The number of hydrogen-bond acceptors (Lipinski definition) is 6. The number of amides is 2. The normalized spacial score (nSPS) is 10.8. The van der Waals surface area contributed by atoms with E-state index in [1.807, 2.05) is 0 Å². The average molecular weight is 524 g/mol. The van der Waals surface area contributed by atoms with E-state index in [1.54, 1.807) is 25.2 Å². The molecule has 0 spiro atoms. The first-order valence-electron chi connectivity index (χ1n) is 9.82. The van der Waals surface area contributed by atoms with Crippen molar-refractivity contribution in [1.29, 1.82) is 0 Å². The van der Waals surface area contributed by atoms with Crippen LogP contribution in [0.3, 0.4) is 0 Å². The zero-order valence-electron chi connectivity index (χ0n) is 17.6. The largest absolute Gasteiger partial charge is 0.483 e. The summed E-state index contributed by atoms with van der Waals surface area (Å²) in [4.78, 5) is 25.2. The highest BCUT2D eigenvalue weighted by molar-refractivity contribution is 6.40. The second-order valence-electron chi connectivity index (χ2n) is 7.03. The number of hydrogen-bond donors (Lipinski definition) is 2. The fourth-order valence-corrected chi connectivity index (χ4v) is 3.91. The fraction of sp³-hybridized carbons (Fsp3) is 0.136. The van der Waals surface area contributed by atoms with Crippen LogP contribution in [0.1, 0.15) is 32.6 Å². The van der Waals surface area contributed by atoms with Crippen molar-refractivity contribution in [3.63, 3.8) is 0 Å². The molecule has 0 radical (unpaired) electrons. The second-order valence-corrected chi connectivity index (χ2v) is 8.29. The first kappa shape index (κ1) is 23.7. The third-order valence-electron chi connectivity index (χ3n) is 4.50. The van der Waals surface area contributed by atoms with Crippen molar-refractivity contribution in [3.8, 4) is 5.75 Å². The molecule has 0 saturated carbocycles. The van der Waals surface area contributed by atoms with Gasteiger partial charge in [0, 0.05) is 18.3 Å². The first-order valence-corrected chi connectivity index (χ1v) is 10.9. The predicted molar refractivity (Wildman–Crippen MR) is 126 cm³/mol. The van der Waals surface area contributed by atoms with E-state index >= 15 is 0 Å². The third-order valence-corrected chi connectivity index (χ3v) is 5.28. The average Bonchev–Trinajstić information content (AvgIpc) is 3.52. The highest BCUT2D eigenvalue weighted by atomic mass is 35.5. The number of nitrogens with one attached hydrogen (secondary N) is 2. The molecule has 2 amide bonds. The minimum Gasteiger partial charge on any atom is -0.483 e. The zero-order chi connectivity index (χ0) is 24.2. The molecule has 4 rings (SSSR count). The third kappa shape index (κ3) is 5.56. The number of rotatable bonds is 8. The lowest BCUT2D eigenvalue weighted by molar-refractivity contribution is 0.0943. The van der Waals surface area contributed by atoms with Gasteiger partial charge in [0.25, 0.3) is 11.8 Å². The molecule has 0 aliphatic rings. The van der Waals surface area contributed by atoms with Crippen molar-refractivity contribution in [1.82, 2.24) is 15.1 Å². The summed E-state index contributed by atoms with van der Waals surface area (Å²) in [7, 11) is 1.63. The minimum atomic E-state index is -0.568. The minimum absolute atomic E-state index is 0.0118. The van der Waals surface area contributed by atoms with E-state index in [0.29, 0.717) is 16.5 Å². The van der Waals surface area contributed by atoms with Crippen molar-refractivity contribution >= 4 is 52.3 Å². The molecular formula is C22H17Cl3N4O5. The van der Waals surface area contributed by atoms with Gasteiger partial charge in [0.2, 0.25) is 0 Å². The van der Waals surface area contributed by atoms with E-state index < -0.39 is 11.8 Å². The Morgan fingerprint density at radius 3 is 2.56 bits per heavy atom. The highest BCUT2D eigenvalue weighted by Crippen LogP contribution is 2.36. The molecule has 0 fully saturated rings. The molecule has 9 nitrogen and oxygen atoms in total. The lowest BCUT2D eigenvalue weighted by Crippen LogP contribution is -2.25. The van der Waals surface area contributed by atoms with Crippen molar-refractivity contribution in [2.24, 2.45) is 7.05 Å². The molecule has 4 aromatic rings. The molecule has 0 bridgehead atoms. The summed E-state index contributed by atoms with van der Waals surface area (Å²) < 4.78 is 17.8. The summed E-state index contributed by atoms with van der Waals surface area (Å²) in [5.74, 6) is 0.157. The van der Waals surface area contributed by atoms with Crippen LogP contribution in [0.4, 0.5) is 5.69 Å². The maximum absolute atomic E-state index is 12.7. The number of benzene rings is 1. The van der Waals surface area contributed by atoms with Crippen LogP contribution >= 0.6 is 34.8 Å². The van der Waals surface area contributed by atoms with Crippen molar-refractivity contribution in [3.05, 3.63) is 86.9 Å². The molecule has 34 heavy (non-hydrogen) atoms. The summed E-state index contributed by atoms with van der Waals surface area (Å²) in [6.45, 7) is 0.153. The van der Waals surface area contributed by atoms with Gasteiger partial charge in [-0.05, 0) is 36.4 Å². The van der Waals surface area contributed by atoms with E-state index in [2.05, 4.69) is 15.7 Å². The number of halogens is 3. The molecule has 1 aromatic carbocycles. The Labute approximate surface area is 208 Å². The van der Waals surface area contributed by atoms with E-state index in [4.69, 9.17) is 48.4 Å². The summed E-state index contributed by atoms with van der Waals surface area (Å²) >= 11 is 18.1. The Balaban J connectivity index is 1.40. The molecule has 2 N–H and O–H groups in total. The number of ether oxygens (including phenoxy) is 1. The number of furan rings is 2. The number of carbonyl (C=O) groups is 2. The smallest absolute Gasteiger partial charge is 0.291 e. The van der Waals surface area contributed by atoms with Crippen LogP contribution in [0.15, 0.2) is 57.7 Å². The zero-order valence-corrected chi connectivity index (χ0v) is 19.9. The monoisotopic (exact) mass is 522 g/mol. The van der Waals surface area contributed by atoms with Crippen LogP contribution in [-0.4, -0.2) is 21.6 Å². The Hall–Kier alpha value is -3.40. The number of nitrogens with zero attached hydrogens (tertiary/aromatic N) is 2. The Morgan fingerprint density at radius 2 is 1.85 bits per heavy atom. The Bertz CT molecular complexity index is 1310. The lowest BCUT2D eigenvalue weighted by atomic mass is 10.3. The topological polar surface area (TPSA) is 112 Å². The van der Waals surface area contributed by atoms with Crippen LogP contribution in [0.2, 0.25) is 15.1 Å². The maximum atomic E-state index is 12.7. The van der Waals surface area contributed by atoms with Gasteiger partial charge in [-0.3, -0.25) is 14.3 Å². The molecule has 0 saturated heterocycles.